The van der Waals surface area contributed by atoms with E-state index in [1.165, 1.54) is 12.1 Å². The quantitative estimate of drug-likeness (QED) is 0.278. The number of aromatic nitrogens is 3. The highest BCUT2D eigenvalue weighted by Crippen LogP contribution is 2.31. The Morgan fingerprint density at radius 2 is 1.53 bits per heavy atom. The second-order valence-corrected chi connectivity index (χ2v) is 8.46. The minimum Gasteiger partial charge on any atom is -0.311 e. The van der Waals surface area contributed by atoms with E-state index in [1.807, 2.05) is 0 Å². The maximum absolute atomic E-state index is 12.9. The van der Waals surface area contributed by atoms with Crippen LogP contribution in [0.25, 0.3) is 23.5 Å². The minimum absolute atomic E-state index is 0.0247. The van der Waals surface area contributed by atoms with Crippen molar-refractivity contribution in [1.29, 1.82) is 0 Å². The summed E-state index contributed by atoms with van der Waals surface area (Å²) in [5.41, 5.74) is 1.03. The van der Waals surface area contributed by atoms with Gasteiger partial charge < -0.3 is 15.2 Å². The second-order valence-electron chi connectivity index (χ2n) is 7.64. The van der Waals surface area contributed by atoms with Gasteiger partial charge in [0.1, 0.15) is 0 Å². The maximum Gasteiger partial charge on any atom is 0.416 e. The molecule has 6 nitrogen and oxygen atoms in total. The highest BCUT2D eigenvalue weighted by Gasteiger charge is 2.30. The molecule has 0 aliphatic heterocycles. The fraction of sp³-hybridized carbons (Fsp3) is 0.0800. The van der Waals surface area contributed by atoms with Crippen molar-refractivity contribution in [2.24, 2.45) is 7.05 Å². The van der Waals surface area contributed by atoms with Crippen molar-refractivity contribution in [3.63, 3.8) is 0 Å². The molecule has 0 atom stereocenters. The first kappa shape index (κ1) is 25.3. The van der Waals surface area contributed by atoms with Crippen LogP contribution in [0, 0.1) is 0 Å². The average molecular weight is 532 g/mol. The standard InChI is InChI=1S/C25H18Cl2F3N5O/c1-35-22(13-12-19-20(26)6-3-7-21(19)27)33-34-23(35)15-8-10-17(11-9-15)31-24(36)32-18-5-2-4-16(14-18)25(28,29)30/h2-14H,1H3,(H2,31,32,36)/b13-12+. The normalized spacial score (nSPS) is 11.6. The highest BCUT2D eigenvalue weighted by atomic mass is 35.5. The van der Waals surface area contributed by atoms with Gasteiger partial charge >= 0.3 is 12.2 Å². The van der Waals surface area contributed by atoms with E-state index >= 15 is 0 Å². The summed E-state index contributed by atoms with van der Waals surface area (Å²) in [4.78, 5) is 12.2. The Bertz CT molecular complexity index is 1410. The van der Waals surface area contributed by atoms with E-state index in [2.05, 4.69) is 20.8 Å². The number of alkyl halides is 3. The van der Waals surface area contributed by atoms with Crippen molar-refractivity contribution < 1.29 is 18.0 Å². The van der Waals surface area contributed by atoms with Gasteiger partial charge in [-0.05, 0) is 66.7 Å². The minimum atomic E-state index is -4.50. The number of hydrogen-bond acceptors (Lipinski definition) is 3. The Morgan fingerprint density at radius 3 is 2.19 bits per heavy atom. The second kappa shape index (κ2) is 10.4. The van der Waals surface area contributed by atoms with Crippen LogP contribution in [-0.2, 0) is 13.2 Å². The van der Waals surface area contributed by atoms with Crippen molar-refractivity contribution in [1.82, 2.24) is 14.8 Å². The zero-order valence-corrected chi connectivity index (χ0v) is 20.2. The number of urea groups is 1. The van der Waals surface area contributed by atoms with Gasteiger partial charge in [-0.1, -0.05) is 35.3 Å². The van der Waals surface area contributed by atoms with Crippen molar-refractivity contribution in [3.8, 4) is 11.4 Å². The smallest absolute Gasteiger partial charge is 0.311 e. The fourth-order valence-electron chi connectivity index (χ4n) is 3.33. The van der Waals surface area contributed by atoms with Crippen LogP contribution < -0.4 is 10.6 Å². The lowest BCUT2D eigenvalue weighted by molar-refractivity contribution is -0.137. The lowest BCUT2D eigenvalue weighted by Gasteiger charge is -2.11. The summed E-state index contributed by atoms with van der Waals surface area (Å²) in [6.45, 7) is 0. The van der Waals surface area contributed by atoms with Crippen molar-refractivity contribution in [2.45, 2.75) is 6.18 Å². The van der Waals surface area contributed by atoms with Gasteiger partial charge in [-0.3, -0.25) is 0 Å². The van der Waals surface area contributed by atoms with Crippen LogP contribution in [0.5, 0.6) is 0 Å². The van der Waals surface area contributed by atoms with Gasteiger partial charge in [0.15, 0.2) is 11.6 Å². The topological polar surface area (TPSA) is 71.8 Å². The molecule has 2 amide bonds. The van der Waals surface area contributed by atoms with Gasteiger partial charge in [-0.2, -0.15) is 13.2 Å². The van der Waals surface area contributed by atoms with Crippen LogP contribution in [0.2, 0.25) is 10.0 Å². The number of nitrogens with one attached hydrogen (secondary N) is 2. The SMILES string of the molecule is Cn1c(/C=C/c2c(Cl)cccc2Cl)nnc1-c1ccc(NC(=O)Nc2cccc(C(F)(F)F)c2)cc1. The fourth-order valence-corrected chi connectivity index (χ4v) is 3.86. The largest absolute Gasteiger partial charge is 0.416 e. The van der Waals surface area contributed by atoms with Gasteiger partial charge in [-0.15, -0.1) is 10.2 Å². The predicted octanol–water partition coefficient (Wildman–Crippen LogP) is 7.62. The van der Waals surface area contributed by atoms with Crippen molar-refractivity contribution in [2.75, 3.05) is 10.6 Å². The summed E-state index contributed by atoms with van der Waals surface area (Å²) in [6, 6.07) is 15.7. The van der Waals surface area contributed by atoms with Crippen molar-refractivity contribution in [3.05, 3.63) is 93.7 Å². The van der Waals surface area contributed by atoms with E-state index in [1.54, 1.807) is 66.2 Å². The number of hydrogen-bond donors (Lipinski definition) is 2. The first-order chi connectivity index (χ1) is 17.1. The molecule has 11 heteroatoms. The summed E-state index contributed by atoms with van der Waals surface area (Å²) in [5.74, 6) is 1.16. The Balaban J connectivity index is 1.43. The predicted molar refractivity (Wildman–Crippen MR) is 136 cm³/mol. The van der Waals surface area contributed by atoms with Gasteiger partial charge in [0.2, 0.25) is 0 Å². The third-order valence-electron chi connectivity index (χ3n) is 5.16. The van der Waals surface area contributed by atoms with E-state index in [4.69, 9.17) is 23.2 Å². The molecule has 0 spiro atoms. The number of nitrogens with zero attached hydrogens (tertiary/aromatic N) is 3. The molecule has 0 saturated heterocycles. The lowest BCUT2D eigenvalue weighted by atomic mass is 10.2. The summed E-state index contributed by atoms with van der Waals surface area (Å²) >= 11 is 12.4. The first-order valence-corrected chi connectivity index (χ1v) is 11.2. The van der Waals surface area contributed by atoms with Crippen LogP contribution in [-0.4, -0.2) is 20.8 Å². The molecule has 0 saturated carbocycles. The molecular weight excluding hydrogens is 514 g/mol. The van der Waals surface area contributed by atoms with E-state index in [0.717, 1.165) is 17.7 Å². The summed E-state index contributed by atoms with van der Waals surface area (Å²) in [7, 11) is 1.80. The van der Waals surface area contributed by atoms with Gasteiger partial charge in [0.25, 0.3) is 0 Å². The number of halogens is 5. The van der Waals surface area contributed by atoms with E-state index < -0.39 is 17.8 Å². The maximum atomic E-state index is 12.9. The van der Waals surface area contributed by atoms with Crippen LogP contribution in [0.4, 0.5) is 29.3 Å². The molecule has 2 N–H and O–H groups in total. The average Bonchev–Trinajstić information content (AvgIpc) is 3.19. The van der Waals surface area contributed by atoms with E-state index in [-0.39, 0.29) is 5.69 Å². The van der Waals surface area contributed by atoms with Gasteiger partial charge in [-0.25, -0.2) is 4.79 Å². The number of carbonyl (C=O) groups excluding carboxylic acids is 1. The molecule has 4 aromatic rings. The van der Waals surface area contributed by atoms with Crippen LogP contribution in [0.1, 0.15) is 17.0 Å². The summed E-state index contributed by atoms with van der Waals surface area (Å²) in [5, 5.41) is 14.4. The molecule has 36 heavy (non-hydrogen) atoms. The molecular formula is C25H18Cl2F3N5O. The summed E-state index contributed by atoms with van der Waals surface area (Å²) < 4.78 is 40.4. The molecule has 0 aliphatic rings. The molecule has 4 rings (SSSR count). The molecule has 0 fully saturated rings. The third kappa shape index (κ3) is 5.87. The number of anilines is 2. The Labute approximate surface area is 214 Å². The molecule has 0 radical (unpaired) electrons. The zero-order chi connectivity index (χ0) is 25.9. The Hall–Kier alpha value is -3.82. The first-order valence-electron chi connectivity index (χ1n) is 10.5. The number of rotatable bonds is 5. The molecule has 184 valence electrons. The molecule has 1 aromatic heterocycles. The molecule has 0 aliphatic carbocycles. The van der Waals surface area contributed by atoms with Gasteiger partial charge in [0.05, 0.1) is 5.56 Å². The Kier molecular flexibility index (Phi) is 7.32. The van der Waals surface area contributed by atoms with Crippen LogP contribution in [0.3, 0.4) is 0 Å². The van der Waals surface area contributed by atoms with E-state index in [0.29, 0.717) is 32.9 Å². The molecule has 3 aromatic carbocycles. The van der Waals surface area contributed by atoms with Crippen LogP contribution in [0.15, 0.2) is 66.7 Å². The lowest BCUT2D eigenvalue weighted by Crippen LogP contribution is -2.19. The number of benzene rings is 3. The van der Waals surface area contributed by atoms with E-state index in [9.17, 15) is 18.0 Å². The molecule has 0 unspecified atom stereocenters. The molecule has 0 bridgehead atoms. The molecule has 1 heterocycles. The zero-order valence-electron chi connectivity index (χ0n) is 18.6. The summed E-state index contributed by atoms with van der Waals surface area (Å²) in [6.07, 6.45) is -0.993. The number of amides is 2. The highest BCUT2D eigenvalue weighted by molar-refractivity contribution is 6.37. The Morgan fingerprint density at radius 1 is 0.889 bits per heavy atom. The monoisotopic (exact) mass is 531 g/mol. The van der Waals surface area contributed by atoms with Crippen LogP contribution >= 0.6 is 23.2 Å². The number of carbonyl (C=O) groups is 1. The van der Waals surface area contributed by atoms with Crippen molar-refractivity contribution >= 4 is 52.8 Å². The third-order valence-corrected chi connectivity index (χ3v) is 5.82. The van der Waals surface area contributed by atoms with Gasteiger partial charge in [0, 0.05) is 39.6 Å².